The van der Waals surface area contributed by atoms with E-state index in [0.29, 0.717) is 6.61 Å². The highest BCUT2D eigenvalue weighted by Gasteiger charge is 2.03. The molecule has 2 nitrogen and oxygen atoms in total. The van der Waals surface area contributed by atoms with Crippen LogP contribution in [0.4, 0.5) is 0 Å². The van der Waals surface area contributed by atoms with Gasteiger partial charge in [-0.1, -0.05) is 106 Å². The van der Waals surface area contributed by atoms with Crippen LogP contribution in [0.1, 0.15) is 69.8 Å². The van der Waals surface area contributed by atoms with Gasteiger partial charge in [0.15, 0.2) is 0 Å². The maximum Gasteiger partial charge on any atom is 0.0431 e. The summed E-state index contributed by atoms with van der Waals surface area (Å²) in [6, 6.07) is 19.6. The second-order valence-corrected chi connectivity index (χ2v) is 7.03. The summed E-state index contributed by atoms with van der Waals surface area (Å²) >= 11 is 0. The first kappa shape index (κ1) is 22.4. The van der Waals surface area contributed by atoms with Gasteiger partial charge in [0, 0.05) is 6.61 Å². The van der Waals surface area contributed by atoms with E-state index in [1.165, 1.54) is 80.9 Å². The number of benzene rings is 2. The third-order valence-corrected chi connectivity index (χ3v) is 4.96. The molecular weight excluding hydrogens is 320 g/mol. The van der Waals surface area contributed by atoms with Crippen LogP contribution in [-0.4, -0.2) is 17.2 Å². The zero-order chi connectivity index (χ0) is 17.6. The number of aryl methyl sites for hydroxylation is 1. The SMILES string of the molecule is O.OCCCCCCCCCCCCc1ccccc1-c1ccccc1. The van der Waals surface area contributed by atoms with E-state index in [1.54, 1.807) is 0 Å². The minimum atomic E-state index is 0. The van der Waals surface area contributed by atoms with Crippen molar-refractivity contribution in [3.05, 3.63) is 60.2 Å². The number of hydrogen-bond acceptors (Lipinski definition) is 1. The molecule has 0 fully saturated rings. The Kier molecular flexibility index (Phi) is 12.5. The molecule has 3 N–H and O–H groups in total. The largest absolute Gasteiger partial charge is 0.412 e. The van der Waals surface area contributed by atoms with Gasteiger partial charge in [0.05, 0.1) is 0 Å². The van der Waals surface area contributed by atoms with E-state index < -0.39 is 0 Å². The Balaban J connectivity index is 0.00000338. The van der Waals surface area contributed by atoms with Crippen LogP contribution in [0.2, 0.25) is 0 Å². The molecule has 144 valence electrons. The lowest BCUT2D eigenvalue weighted by Gasteiger charge is -2.09. The number of hydrogen-bond donors (Lipinski definition) is 1. The Morgan fingerprint density at radius 2 is 1.04 bits per heavy atom. The van der Waals surface area contributed by atoms with E-state index in [-0.39, 0.29) is 5.48 Å². The summed E-state index contributed by atoms with van der Waals surface area (Å²) in [6.45, 7) is 0.355. The molecule has 0 aliphatic carbocycles. The van der Waals surface area contributed by atoms with Crippen LogP contribution >= 0.6 is 0 Å². The molecule has 2 aromatic carbocycles. The molecule has 0 aliphatic rings. The highest BCUT2D eigenvalue weighted by atomic mass is 16.2. The third-order valence-electron chi connectivity index (χ3n) is 4.96. The van der Waals surface area contributed by atoms with Crippen molar-refractivity contribution >= 4 is 0 Å². The molecule has 0 saturated carbocycles. The molecule has 0 unspecified atom stereocenters. The maximum absolute atomic E-state index is 8.75. The Hall–Kier alpha value is -1.64. The van der Waals surface area contributed by atoms with E-state index >= 15 is 0 Å². The molecule has 0 heterocycles. The van der Waals surface area contributed by atoms with Gasteiger partial charge in [0.25, 0.3) is 0 Å². The van der Waals surface area contributed by atoms with Gasteiger partial charge in [0.1, 0.15) is 0 Å². The second kappa shape index (κ2) is 14.5. The molecule has 0 aliphatic heterocycles. The molecule has 0 amide bonds. The summed E-state index contributed by atoms with van der Waals surface area (Å²) in [5, 5.41) is 8.75. The van der Waals surface area contributed by atoms with E-state index in [1.807, 2.05) is 0 Å². The van der Waals surface area contributed by atoms with E-state index in [4.69, 9.17) is 5.11 Å². The maximum atomic E-state index is 8.75. The summed E-state index contributed by atoms with van der Waals surface area (Å²) in [5.74, 6) is 0. The zero-order valence-electron chi connectivity index (χ0n) is 16.1. The fraction of sp³-hybridized carbons (Fsp3) is 0.500. The molecule has 0 aromatic heterocycles. The minimum absolute atomic E-state index is 0. The van der Waals surface area contributed by atoms with E-state index in [2.05, 4.69) is 54.6 Å². The highest BCUT2D eigenvalue weighted by Crippen LogP contribution is 2.25. The summed E-state index contributed by atoms with van der Waals surface area (Å²) < 4.78 is 0. The van der Waals surface area contributed by atoms with Crippen molar-refractivity contribution in [3.63, 3.8) is 0 Å². The van der Waals surface area contributed by atoms with E-state index in [0.717, 1.165) is 6.42 Å². The first-order valence-corrected chi connectivity index (χ1v) is 10.2. The highest BCUT2D eigenvalue weighted by molar-refractivity contribution is 5.67. The van der Waals surface area contributed by atoms with Gasteiger partial charge in [-0.2, -0.15) is 0 Å². The Bertz CT molecular complexity index is 565. The molecular formula is C24H36O2. The van der Waals surface area contributed by atoms with Gasteiger partial charge in [0.2, 0.25) is 0 Å². The lowest BCUT2D eigenvalue weighted by molar-refractivity contribution is 0.282. The Labute approximate surface area is 159 Å². The van der Waals surface area contributed by atoms with Gasteiger partial charge in [-0.3, -0.25) is 0 Å². The van der Waals surface area contributed by atoms with Crippen molar-refractivity contribution < 1.29 is 10.6 Å². The standard InChI is InChI=1S/C24H34O.H2O/c25-21-15-8-6-4-2-1-3-5-7-10-16-23-19-13-14-20-24(23)22-17-11-9-12-18-22;/h9,11-14,17-20,25H,1-8,10,15-16,21H2;1H2. The summed E-state index contributed by atoms with van der Waals surface area (Å²) in [5.41, 5.74) is 4.21. The first-order valence-electron chi connectivity index (χ1n) is 10.2. The van der Waals surface area contributed by atoms with Gasteiger partial charge in [-0.15, -0.1) is 0 Å². The van der Waals surface area contributed by atoms with Crippen LogP contribution in [0.15, 0.2) is 54.6 Å². The topological polar surface area (TPSA) is 51.7 Å². The lowest BCUT2D eigenvalue weighted by Crippen LogP contribution is -1.91. The zero-order valence-corrected chi connectivity index (χ0v) is 16.1. The first-order chi connectivity index (χ1) is 12.4. The van der Waals surface area contributed by atoms with Crippen molar-refractivity contribution in [2.75, 3.05) is 6.61 Å². The molecule has 0 atom stereocenters. The molecule has 2 heteroatoms. The molecule has 2 rings (SSSR count). The third kappa shape index (κ3) is 8.64. The molecule has 26 heavy (non-hydrogen) atoms. The van der Waals surface area contributed by atoms with Gasteiger partial charge in [-0.05, 0) is 36.0 Å². The average molecular weight is 357 g/mol. The Morgan fingerprint density at radius 1 is 0.538 bits per heavy atom. The molecule has 0 spiro atoms. The lowest BCUT2D eigenvalue weighted by atomic mass is 9.95. The Morgan fingerprint density at radius 3 is 1.65 bits per heavy atom. The van der Waals surface area contributed by atoms with Crippen molar-refractivity contribution in [2.24, 2.45) is 0 Å². The molecule has 2 aromatic rings. The fourth-order valence-electron chi connectivity index (χ4n) is 3.48. The van der Waals surface area contributed by atoms with Gasteiger partial charge < -0.3 is 10.6 Å². The van der Waals surface area contributed by atoms with Crippen LogP contribution in [0, 0.1) is 0 Å². The number of aliphatic hydroxyl groups is 1. The number of unbranched alkanes of at least 4 members (excludes halogenated alkanes) is 9. The van der Waals surface area contributed by atoms with Crippen LogP contribution in [0.3, 0.4) is 0 Å². The monoisotopic (exact) mass is 356 g/mol. The van der Waals surface area contributed by atoms with Crippen molar-refractivity contribution in [1.29, 1.82) is 0 Å². The van der Waals surface area contributed by atoms with Crippen LogP contribution in [0.25, 0.3) is 11.1 Å². The van der Waals surface area contributed by atoms with Crippen LogP contribution < -0.4 is 0 Å². The average Bonchev–Trinajstić information content (AvgIpc) is 2.67. The van der Waals surface area contributed by atoms with Crippen molar-refractivity contribution in [3.8, 4) is 11.1 Å². The fourth-order valence-corrected chi connectivity index (χ4v) is 3.48. The van der Waals surface area contributed by atoms with E-state index in [9.17, 15) is 0 Å². The summed E-state index contributed by atoms with van der Waals surface area (Å²) in [7, 11) is 0. The van der Waals surface area contributed by atoms with Crippen LogP contribution in [-0.2, 0) is 6.42 Å². The van der Waals surface area contributed by atoms with Gasteiger partial charge >= 0.3 is 0 Å². The minimum Gasteiger partial charge on any atom is -0.412 e. The van der Waals surface area contributed by atoms with Crippen molar-refractivity contribution in [1.82, 2.24) is 0 Å². The normalized spacial score (nSPS) is 10.5. The molecule has 0 bridgehead atoms. The number of rotatable bonds is 13. The van der Waals surface area contributed by atoms with Crippen LogP contribution in [0.5, 0.6) is 0 Å². The summed E-state index contributed by atoms with van der Waals surface area (Å²) in [4.78, 5) is 0. The number of aliphatic hydroxyl groups excluding tert-OH is 1. The van der Waals surface area contributed by atoms with Gasteiger partial charge in [-0.25, -0.2) is 0 Å². The molecule has 0 radical (unpaired) electrons. The van der Waals surface area contributed by atoms with Crippen molar-refractivity contribution in [2.45, 2.75) is 70.6 Å². The predicted molar refractivity (Wildman–Crippen MR) is 112 cm³/mol. The molecule has 0 saturated heterocycles. The predicted octanol–water partition coefficient (Wildman–Crippen LogP) is 5.96. The summed E-state index contributed by atoms with van der Waals surface area (Å²) in [6.07, 6.45) is 14.1. The second-order valence-electron chi connectivity index (χ2n) is 7.03. The quantitative estimate of drug-likeness (QED) is 0.442. The smallest absolute Gasteiger partial charge is 0.0431 e.